The van der Waals surface area contributed by atoms with E-state index in [-0.39, 0.29) is 0 Å². The van der Waals surface area contributed by atoms with Crippen LogP contribution in [0.3, 0.4) is 0 Å². The number of nitriles is 1. The van der Waals surface area contributed by atoms with Crippen LogP contribution >= 0.6 is 27.3 Å². The molecule has 0 unspecified atom stereocenters. The number of hydrogen-bond acceptors (Lipinski definition) is 5. The van der Waals surface area contributed by atoms with Gasteiger partial charge in [0.2, 0.25) is 0 Å². The van der Waals surface area contributed by atoms with Crippen LogP contribution in [-0.4, -0.2) is 15.2 Å². The third-order valence-electron chi connectivity index (χ3n) is 3.80. The van der Waals surface area contributed by atoms with E-state index in [1.54, 1.807) is 12.4 Å². The van der Waals surface area contributed by atoms with E-state index in [0.29, 0.717) is 10.6 Å². The molecule has 0 atom stereocenters. The number of anilines is 1. The minimum atomic E-state index is 0.487. The van der Waals surface area contributed by atoms with E-state index in [9.17, 15) is 5.26 Å². The quantitative estimate of drug-likeness (QED) is 0.430. The Labute approximate surface area is 162 Å². The van der Waals surface area contributed by atoms with Crippen molar-refractivity contribution in [2.24, 2.45) is 0 Å². The Morgan fingerprint density at radius 1 is 1.27 bits per heavy atom. The van der Waals surface area contributed by atoms with Crippen LogP contribution in [0, 0.1) is 11.3 Å². The third kappa shape index (κ3) is 3.38. The van der Waals surface area contributed by atoms with Gasteiger partial charge in [0.15, 0.2) is 0 Å². The molecular weight excluding hydrogens is 410 g/mol. The number of aromatic nitrogens is 3. The van der Waals surface area contributed by atoms with Gasteiger partial charge in [0.1, 0.15) is 16.6 Å². The van der Waals surface area contributed by atoms with Crippen LogP contribution in [0.1, 0.15) is 5.01 Å². The standard InChI is InChI=1S/C19H12BrN5S/c20-15-3-1-2-12(6-15)18-11-26-19(24-18)14(8-21)9-22-16-5-4-13-10-23-25-17(13)7-16/h1-7,9-11,22H,(H,23,25)/b14-9+. The van der Waals surface area contributed by atoms with Gasteiger partial charge in [-0.1, -0.05) is 28.1 Å². The summed E-state index contributed by atoms with van der Waals surface area (Å²) in [6.07, 6.45) is 3.45. The normalized spacial score (nSPS) is 11.5. The van der Waals surface area contributed by atoms with E-state index in [1.807, 2.05) is 47.8 Å². The monoisotopic (exact) mass is 421 g/mol. The van der Waals surface area contributed by atoms with Crippen LogP contribution in [0.2, 0.25) is 0 Å². The molecule has 2 N–H and O–H groups in total. The van der Waals surface area contributed by atoms with E-state index in [4.69, 9.17) is 0 Å². The average Bonchev–Trinajstić information content (AvgIpc) is 3.31. The second kappa shape index (κ2) is 7.12. The lowest BCUT2D eigenvalue weighted by Crippen LogP contribution is -1.91. The number of fused-ring (bicyclic) bond motifs is 1. The zero-order valence-corrected chi connectivity index (χ0v) is 15.8. The molecule has 0 saturated carbocycles. The molecule has 0 fully saturated rings. The molecule has 2 heterocycles. The van der Waals surface area contributed by atoms with Crippen molar-refractivity contribution in [2.45, 2.75) is 0 Å². The molecule has 2 aromatic heterocycles. The Morgan fingerprint density at radius 2 is 2.19 bits per heavy atom. The summed E-state index contributed by atoms with van der Waals surface area (Å²) in [5, 5.41) is 23.3. The maximum Gasteiger partial charge on any atom is 0.136 e. The molecule has 2 aromatic carbocycles. The first-order valence-electron chi connectivity index (χ1n) is 7.75. The maximum atomic E-state index is 9.50. The summed E-state index contributed by atoms with van der Waals surface area (Å²) in [5.41, 5.74) is 4.16. The zero-order valence-electron chi connectivity index (χ0n) is 13.4. The zero-order chi connectivity index (χ0) is 17.9. The van der Waals surface area contributed by atoms with Crippen molar-refractivity contribution in [1.29, 1.82) is 5.26 Å². The third-order valence-corrected chi connectivity index (χ3v) is 5.17. The number of H-pyrrole nitrogens is 1. The van der Waals surface area contributed by atoms with E-state index in [1.165, 1.54) is 11.3 Å². The summed E-state index contributed by atoms with van der Waals surface area (Å²) in [6.45, 7) is 0. The number of thiazole rings is 1. The number of nitrogens with one attached hydrogen (secondary N) is 2. The van der Waals surface area contributed by atoms with Gasteiger partial charge in [0, 0.05) is 32.7 Å². The van der Waals surface area contributed by atoms with Crippen LogP contribution < -0.4 is 5.32 Å². The number of benzene rings is 2. The minimum Gasteiger partial charge on any atom is -0.360 e. The van der Waals surface area contributed by atoms with Crippen LogP contribution in [0.4, 0.5) is 5.69 Å². The van der Waals surface area contributed by atoms with Crippen molar-refractivity contribution in [2.75, 3.05) is 5.32 Å². The Balaban J connectivity index is 1.59. The molecule has 4 aromatic rings. The first-order valence-corrected chi connectivity index (χ1v) is 9.42. The Hall–Kier alpha value is -2.95. The van der Waals surface area contributed by atoms with Gasteiger partial charge in [-0.25, -0.2) is 4.98 Å². The summed E-state index contributed by atoms with van der Waals surface area (Å²) >= 11 is 4.92. The van der Waals surface area contributed by atoms with Crippen molar-refractivity contribution < 1.29 is 0 Å². The molecule has 126 valence electrons. The highest BCUT2D eigenvalue weighted by molar-refractivity contribution is 9.10. The SMILES string of the molecule is N#C/C(=C\Nc1ccc2cn[nH]c2c1)c1nc(-c2cccc(Br)c2)cs1. The molecule has 0 aliphatic carbocycles. The Morgan fingerprint density at radius 3 is 3.04 bits per heavy atom. The summed E-state index contributed by atoms with van der Waals surface area (Å²) in [7, 11) is 0. The van der Waals surface area contributed by atoms with E-state index < -0.39 is 0 Å². The predicted octanol–water partition coefficient (Wildman–Crippen LogP) is 5.43. The van der Waals surface area contributed by atoms with Gasteiger partial charge in [0.05, 0.1) is 17.4 Å². The van der Waals surface area contributed by atoms with Crippen molar-refractivity contribution in [3.8, 4) is 17.3 Å². The van der Waals surface area contributed by atoms with Crippen molar-refractivity contribution >= 4 is 49.4 Å². The Bertz CT molecular complexity index is 1150. The van der Waals surface area contributed by atoms with Crippen molar-refractivity contribution in [1.82, 2.24) is 15.2 Å². The van der Waals surface area contributed by atoms with Gasteiger partial charge < -0.3 is 5.32 Å². The van der Waals surface area contributed by atoms with E-state index in [2.05, 4.69) is 42.5 Å². The molecule has 0 saturated heterocycles. The fourth-order valence-electron chi connectivity index (χ4n) is 2.50. The lowest BCUT2D eigenvalue weighted by atomic mass is 10.2. The molecule has 26 heavy (non-hydrogen) atoms. The largest absolute Gasteiger partial charge is 0.360 e. The molecular formula is C19H12BrN5S. The molecule has 7 heteroatoms. The number of allylic oxidation sites excluding steroid dienone is 1. The fourth-order valence-corrected chi connectivity index (χ4v) is 3.70. The van der Waals surface area contributed by atoms with Gasteiger partial charge in [-0.2, -0.15) is 10.4 Å². The number of rotatable bonds is 4. The van der Waals surface area contributed by atoms with Gasteiger partial charge in [0.25, 0.3) is 0 Å². The number of aromatic amines is 1. The van der Waals surface area contributed by atoms with E-state index in [0.717, 1.165) is 32.3 Å². The van der Waals surface area contributed by atoms with Crippen molar-refractivity contribution in [3.63, 3.8) is 0 Å². The summed E-state index contributed by atoms with van der Waals surface area (Å²) in [5.74, 6) is 0. The minimum absolute atomic E-state index is 0.487. The van der Waals surface area contributed by atoms with Gasteiger partial charge in [-0.15, -0.1) is 11.3 Å². The van der Waals surface area contributed by atoms with Crippen molar-refractivity contribution in [3.05, 3.63) is 69.7 Å². The summed E-state index contributed by atoms with van der Waals surface area (Å²) in [4.78, 5) is 4.60. The van der Waals surface area contributed by atoms with Crippen LogP contribution in [0.25, 0.3) is 27.7 Å². The molecule has 0 radical (unpaired) electrons. The molecule has 0 amide bonds. The van der Waals surface area contributed by atoms with Gasteiger partial charge in [-0.05, 0) is 30.3 Å². The fraction of sp³-hybridized carbons (Fsp3) is 0. The number of halogens is 1. The highest BCUT2D eigenvalue weighted by atomic mass is 79.9. The van der Waals surface area contributed by atoms with Crippen LogP contribution in [-0.2, 0) is 0 Å². The first kappa shape index (κ1) is 16.5. The highest BCUT2D eigenvalue weighted by Gasteiger charge is 2.09. The second-order valence-electron chi connectivity index (χ2n) is 5.53. The predicted molar refractivity (Wildman–Crippen MR) is 109 cm³/mol. The number of hydrogen-bond donors (Lipinski definition) is 2. The highest BCUT2D eigenvalue weighted by Crippen LogP contribution is 2.28. The summed E-state index contributed by atoms with van der Waals surface area (Å²) in [6, 6.07) is 16.0. The summed E-state index contributed by atoms with van der Waals surface area (Å²) < 4.78 is 0.997. The topological polar surface area (TPSA) is 77.4 Å². The average molecular weight is 422 g/mol. The molecule has 0 aliphatic rings. The van der Waals surface area contributed by atoms with Crippen LogP contribution in [0.5, 0.6) is 0 Å². The molecule has 0 bridgehead atoms. The molecule has 0 spiro atoms. The van der Waals surface area contributed by atoms with E-state index >= 15 is 0 Å². The Kier molecular flexibility index (Phi) is 4.52. The van der Waals surface area contributed by atoms with Gasteiger partial charge >= 0.3 is 0 Å². The second-order valence-corrected chi connectivity index (χ2v) is 7.31. The van der Waals surface area contributed by atoms with Crippen LogP contribution in [0.15, 0.2) is 64.7 Å². The molecule has 0 aliphatic heterocycles. The molecule has 5 nitrogen and oxygen atoms in total. The maximum absolute atomic E-state index is 9.50. The smallest absolute Gasteiger partial charge is 0.136 e. The number of nitrogens with zero attached hydrogens (tertiary/aromatic N) is 3. The van der Waals surface area contributed by atoms with Gasteiger partial charge in [-0.3, -0.25) is 5.10 Å². The first-order chi connectivity index (χ1) is 12.7. The lowest BCUT2D eigenvalue weighted by Gasteiger charge is -2.01. The lowest BCUT2D eigenvalue weighted by molar-refractivity contribution is 1.12. The molecule has 4 rings (SSSR count).